The molecule has 0 bridgehead atoms. The second kappa shape index (κ2) is 7.78. The molecule has 1 aliphatic carbocycles. The monoisotopic (exact) mass is 396 g/mol. The predicted molar refractivity (Wildman–Crippen MR) is 114 cm³/mol. The van der Waals surface area contributed by atoms with Gasteiger partial charge in [-0.1, -0.05) is 6.92 Å². The summed E-state index contributed by atoms with van der Waals surface area (Å²) in [6.45, 7) is 9.30. The van der Waals surface area contributed by atoms with Crippen molar-refractivity contribution in [3.63, 3.8) is 0 Å². The van der Waals surface area contributed by atoms with Crippen molar-refractivity contribution in [3.05, 3.63) is 41.3 Å². The molecule has 3 aliphatic heterocycles. The summed E-state index contributed by atoms with van der Waals surface area (Å²) < 4.78 is 14.7. The number of fused-ring (bicyclic) bond motifs is 2. The van der Waals surface area contributed by atoms with E-state index < -0.39 is 0 Å². The number of benzene rings is 2. The summed E-state index contributed by atoms with van der Waals surface area (Å²) in [5, 5.41) is 1.35. The normalized spacial score (nSPS) is 18.2. The molecule has 28 heavy (non-hydrogen) atoms. The number of aryl methyl sites for hydroxylation is 1. The van der Waals surface area contributed by atoms with E-state index in [1.54, 1.807) is 0 Å². The van der Waals surface area contributed by atoms with Crippen molar-refractivity contribution in [2.24, 2.45) is 0 Å². The van der Waals surface area contributed by atoms with Crippen LogP contribution in [0.15, 0.2) is 30.3 Å². The molecule has 0 N–H and O–H groups in total. The highest BCUT2D eigenvalue weighted by Crippen LogP contribution is 2.32. The Morgan fingerprint density at radius 3 is 2.61 bits per heavy atom. The highest BCUT2D eigenvalue weighted by Gasteiger charge is 2.18. The topological polar surface area (TPSA) is 37.6 Å². The fourth-order valence-corrected chi connectivity index (χ4v) is 5.11. The standard InChI is InChI=1S/C22H26N3O2S/c1-2-16-13-19-22(15-20(16)25-7-11-27-12-8-25)28-21-14-17(3-4-18(21)23-19)24-5-9-26-10-6-24/h3-4,13-15H,2,5-12H2,1H3/q+1. The van der Waals surface area contributed by atoms with E-state index in [4.69, 9.17) is 14.5 Å². The Bertz CT molecular complexity index is 1030. The first kappa shape index (κ1) is 18.0. The molecule has 0 radical (unpaired) electrons. The maximum atomic E-state index is 5.55. The number of nitrogens with zero attached hydrogens (tertiary/aromatic N) is 3. The molecule has 2 fully saturated rings. The van der Waals surface area contributed by atoms with Gasteiger partial charge in [0.15, 0.2) is 13.1 Å². The Hall–Kier alpha value is -2.02. The van der Waals surface area contributed by atoms with E-state index in [1.165, 1.54) is 26.2 Å². The second-order valence-corrected chi connectivity index (χ2v) is 8.45. The third-order valence-electron chi connectivity index (χ3n) is 5.67. The van der Waals surface area contributed by atoms with Crippen molar-refractivity contribution in [1.29, 1.82) is 0 Å². The zero-order chi connectivity index (χ0) is 18.9. The summed E-state index contributed by atoms with van der Waals surface area (Å²) >= 11 is 1.85. The Morgan fingerprint density at radius 2 is 1.82 bits per heavy atom. The van der Waals surface area contributed by atoms with Gasteiger partial charge in [-0.3, -0.25) is 0 Å². The Balaban J connectivity index is 1.64. The molecule has 0 unspecified atom stereocenters. The van der Waals surface area contributed by atoms with Crippen LogP contribution in [-0.2, 0) is 15.9 Å². The highest BCUT2D eigenvalue weighted by atomic mass is 32.1. The highest BCUT2D eigenvalue weighted by molar-refractivity contribution is 7.21. The van der Waals surface area contributed by atoms with E-state index in [1.807, 2.05) is 11.3 Å². The number of ether oxygens (including phenoxy) is 2. The zero-order valence-electron chi connectivity index (χ0n) is 16.3. The van der Waals surface area contributed by atoms with Crippen molar-refractivity contribution in [1.82, 2.24) is 9.56 Å². The van der Waals surface area contributed by atoms with Gasteiger partial charge >= 0.3 is 0 Å². The van der Waals surface area contributed by atoms with Crippen LogP contribution in [0.5, 0.6) is 0 Å². The van der Waals surface area contributed by atoms with E-state index in [0.29, 0.717) is 0 Å². The minimum atomic E-state index is 0.806. The van der Waals surface area contributed by atoms with Crippen LogP contribution in [0.4, 0.5) is 5.69 Å². The number of rotatable bonds is 2. The number of hydrogen-bond acceptors (Lipinski definition) is 5. The Kier molecular flexibility index (Phi) is 5.01. The zero-order valence-corrected chi connectivity index (χ0v) is 17.1. The summed E-state index contributed by atoms with van der Waals surface area (Å²) in [6, 6.07) is 11.3. The maximum absolute atomic E-state index is 5.55. The summed E-state index contributed by atoms with van der Waals surface area (Å²) in [6.07, 6.45) is 1.02. The van der Waals surface area contributed by atoms with Gasteiger partial charge in [-0.15, -0.1) is 11.3 Å². The van der Waals surface area contributed by atoms with Crippen molar-refractivity contribution >= 4 is 27.2 Å². The van der Waals surface area contributed by atoms with Crippen molar-refractivity contribution < 1.29 is 9.47 Å². The van der Waals surface area contributed by atoms with Crippen LogP contribution in [0.2, 0.25) is 0 Å². The van der Waals surface area contributed by atoms with Gasteiger partial charge in [0.1, 0.15) is 13.2 Å². The first-order valence-corrected chi connectivity index (χ1v) is 11.0. The largest absolute Gasteiger partial charge is 0.378 e. The molecule has 5 rings (SSSR count). The predicted octanol–water partition coefficient (Wildman–Crippen LogP) is 2.60. The molecule has 1 aromatic rings. The van der Waals surface area contributed by atoms with Crippen LogP contribution in [0.3, 0.4) is 0 Å². The van der Waals surface area contributed by atoms with Gasteiger partial charge in [-0.2, -0.15) is 0 Å². The van der Waals surface area contributed by atoms with Gasteiger partial charge in [0, 0.05) is 30.4 Å². The minimum absolute atomic E-state index is 0.806. The van der Waals surface area contributed by atoms with E-state index in [-0.39, 0.29) is 0 Å². The average Bonchev–Trinajstić information content (AvgIpc) is 2.77. The lowest BCUT2D eigenvalue weighted by Gasteiger charge is -2.29. The van der Waals surface area contributed by atoms with Crippen LogP contribution in [-0.4, -0.2) is 57.6 Å². The molecular weight excluding hydrogens is 370 g/mol. The lowest BCUT2D eigenvalue weighted by molar-refractivity contribution is 0.0964. The van der Waals surface area contributed by atoms with E-state index in [2.05, 4.69) is 46.7 Å². The average molecular weight is 397 g/mol. The summed E-state index contributed by atoms with van der Waals surface area (Å²) in [5.74, 6) is 0. The lowest BCUT2D eigenvalue weighted by Crippen LogP contribution is -2.41. The van der Waals surface area contributed by atoms with E-state index >= 15 is 0 Å². The van der Waals surface area contributed by atoms with Crippen LogP contribution < -0.4 is 14.8 Å². The number of morpholine rings is 2. The summed E-state index contributed by atoms with van der Waals surface area (Å²) in [7, 11) is 0. The molecule has 0 aromatic heterocycles. The molecule has 4 aliphatic rings. The van der Waals surface area contributed by atoms with Gasteiger partial charge in [0.05, 0.1) is 34.0 Å². The van der Waals surface area contributed by atoms with Crippen LogP contribution in [0.1, 0.15) is 12.5 Å². The molecule has 3 heterocycles. The quantitative estimate of drug-likeness (QED) is 0.493. The molecule has 0 atom stereocenters. The molecule has 146 valence electrons. The molecule has 6 heteroatoms. The van der Waals surface area contributed by atoms with E-state index in [0.717, 1.165) is 70.2 Å². The van der Waals surface area contributed by atoms with Gasteiger partial charge < -0.3 is 14.4 Å². The van der Waals surface area contributed by atoms with Crippen molar-refractivity contribution in [2.45, 2.75) is 13.3 Å². The first-order valence-electron chi connectivity index (χ1n) is 10.2. The molecular formula is C22H26N3O2S+. The summed E-state index contributed by atoms with van der Waals surface area (Å²) in [4.78, 5) is 8.64. The molecule has 0 spiro atoms. The SMILES string of the molecule is CCc1cc2nc3ccc(N4CCOCC4)cc3sc-2cc1=[N+]1CCOCC1. The van der Waals surface area contributed by atoms with Crippen LogP contribution in [0.25, 0.3) is 20.8 Å². The first-order chi connectivity index (χ1) is 13.8. The second-order valence-electron chi connectivity index (χ2n) is 7.37. The molecule has 1 aromatic carbocycles. The number of aromatic nitrogens is 1. The fraction of sp³-hybridized carbons (Fsp3) is 0.455. The van der Waals surface area contributed by atoms with Gasteiger partial charge in [-0.05, 0) is 30.7 Å². The number of hydrogen-bond donors (Lipinski definition) is 0. The third-order valence-corrected chi connectivity index (χ3v) is 6.77. The molecule has 0 saturated carbocycles. The van der Waals surface area contributed by atoms with Gasteiger partial charge in [-0.25, -0.2) is 9.56 Å². The maximum Gasteiger partial charge on any atom is 0.204 e. The molecule has 5 nitrogen and oxygen atoms in total. The van der Waals surface area contributed by atoms with Gasteiger partial charge in [0.25, 0.3) is 0 Å². The molecule has 2 saturated heterocycles. The Labute approximate surface area is 169 Å². The lowest BCUT2D eigenvalue weighted by atomic mass is 10.1. The van der Waals surface area contributed by atoms with E-state index in [9.17, 15) is 0 Å². The Morgan fingerprint density at radius 1 is 1.04 bits per heavy atom. The smallest absolute Gasteiger partial charge is 0.204 e. The third kappa shape index (κ3) is 3.41. The summed E-state index contributed by atoms with van der Waals surface area (Å²) in [5.41, 5.74) is 4.83. The van der Waals surface area contributed by atoms with Crippen LogP contribution in [0, 0.1) is 0 Å². The van der Waals surface area contributed by atoms with Gasteiger partial charge in [0.2, 0.25) is 5.36 Å². The minimum Gasteiger partial charge on any atom is -0.378 e. The van der Waals surface area contributed by atoms with Crippen molar-refractivity contribution in [2.75, 3.05) is 57.5 Å². The van der Waals surface area contributed by atoms with Crippen LogP contribution >= 0.6 is 11.3 Å². The fourth-order valence-electron chi connectivity index (χ4n) is 4.10. The van der Waals surface area contributed by atoms with Crippen molar-refractivity contribution in [3.8, 4) is 10.6 Å². The molecule has 0 amide bonds. The number of anilines is 1.